The zero-order chi connectivity index (χ0) is 16.1. The van der Waals surface area contributed by atoms with Crippen molar-refractivity contribution in [1.29, 1.82) is 0 Å². The Morgan fingerprint density at radius 2 is 2.05 bits per heavy atom. The molecule has 0 aliphatic carbocycles. The van der Waals surface area contributed by atoms with Crippen LogP contribution in [0.4, 0.5) is 5.69 Å². The number of thiophene rings is 1. The number of methoxy groups -OCH3 is 1. The molecule has 7 heteroatoms. The molecule has 0 bridgehead atoms. The zero-order valence-electron chi connectivity index (χ0n) is 11.7. The Morgan fingerprint density at radius 1 is 1.27 bits per heavy atom. The molecular formula is C15H13Cl2NO3S. The first-order valence-corrected chi connectivity index (χ1v) is 8.05. The number of ether oxygens (including phenoxy) is 1. The number of hydrogen-bond acceptors (Lipinski definition) is 4. The lowest BCUT2D eigenvalue weighted by Crippen LogP contribution is -2.14. The van der Waals surface area contributed by atoms with Gasteiger partial charge >= 0.3 is 5.97 Å². The fraction of sp³-hybridized carbons (Fsp3) is 0.200. The maximum atomic E-state index is 12.0. The lowest BCUT2D eigenvalue weighted by Gasteiger charge is -2.07. The lowest BCUT2D eigenvalue weighted by atomic mass is 10.1. The number of anilines is 1. The van der Waals surface area contributed by atoms with Crippen LogP contribution in [0.1, 0.15) is 21.7 Å². The topological polar surface area (TPSA) is 55.4 Å². The molecule has 0 unspecified atom stereocenters. The standard InChI is InChI=1S/C15H13Cl2NO3S/c1-21-15(20)14-11(7-8-22-14)18-12(19)6-5-9-3-2-4-10(16)13(9)17/h2-4,7-8H,5-6H2,1H3,(H,18,19). The van der Waals surface area contributed by atoms with Gasteiger partial charge in [-0.2, -0.15) is 0 Å². The highest BCUT2D eigenvalue weighted by atomic mass is 35.5. The molecule has 1 N–H and O–H groups in total. The van der Waals surface area contributed by atoms with Gasteiger partial charge in [-0.25, -0.2) is 4.79 Å². The minimum Gasteiger partial charge on any atom is -0.465 e. The zero-order valence-corrected chi connectivity index (χ0v) is 14.0. The highest BCUT2D eigenvalue weighted by Crippen LogP contribution is 2.27. The van der Waals surface area contributed by atoms with Gasteiger partial charge in [-0.3, -0.25) is 4.79 Å². The van der Waals surface area contributed by atoms with Crippen LogP contribution < -0.4 is 5.32 Å². The summed E-state index contributed by atoms with van der Waals surface area (Å²) in [4.78, 5) is 23.9. The molecule has 116 valence electrons. The Labute approximate surface area is 142 Å². The van der Waals surface area contributed by atoms with E-state index in [1.54, 1.807) is 23.6 Å². The molecule has 2 rings (SSSR count). The van der Waals surface area contributed by atoms with Gasteiger partial charge in [-0.1, -0.05) is 35.3 Å². The number of hydrogen-bond donors (Lipinski definition) is 1. The summed E-state index contributed by atoms with van der Waals surface area (Å²) in [7, 11) is 1.30. The summed E-state index contributed by atoms with van der Waals surface area (Å²) in [5.74, 6) is -0.678. The van der Waals surface area contributed by atoms with Crippen LogP contribution in [0.25, 0.3) is 0 Å². The number of esters is 1. The molecule has 1 heterocycles. The molecule has 1 amide bonds. The van der Waals surface area contributed by atoms with E-state index in [0.29, 0.717) is 27.0 Å². The summed E-state index contributed by atoms with van der Waals surface area (Å²) >= 11 is 13.2. The van der Waals surface area contributed by atoms with Gasteiger partial charge in [0.2, 0.25) is 5.91 Å². The summed E-state index contributed by atoms with van der Waals surface area (Å²) < 4.78 is 4.66. The van der Waals surface area contributed by atoms with E-state index in [2.05, 4.69) is 10.1 Å². The first-order chi connectivity index (χ1) is 10.5. The number of halogens is 2. The van der Waals surface area contributed by atoms with Crippen LogP contribution in [0.15, 0.2) is 29.6 Å². The largest absolute Gasteiger partial charge is 0.465 e. The van der Waals surface area contributed by atoms with Crippen LogP contribution >= 0.6 is 34.5 Å². The first kappa shape index (κ1) is 16.8. The Kier molecular flexibility index (Phi) is 5.83. The molecular weight excluding hydrogens is 345 g/mol. The van der Waals surface area contributed by atoms with Crippen molar-refractivity contribution in [2.24, 2.45) is 0 Å². The van der Waals surface area contributed by atoms with Crippen molar-refractivity contribution in [2.75, 3.05) is 12.4 Å². The summed E-state index contributed by atoms with van der Waals surface area (Å²) in [6.45, 7) is 0. The molecule has 2 aromatic rings. The quantitative estimate of drug-likeness (QED) is 0.806. The van der Waals surface area contributed by atoms with E-state index in [1.165, 1.54) is 18.4 Å². The molecule has 0 saturated carbocycles. The number of nitrogens with one attached hydrogen (secondary N) is 1. The second kappa shape index (κ2) is 7.63. The van der Waals surface area contributed by atoms with Crippen molar-refractivity contribution in [2.45, 2.75) is 12.8 Å². The van der Waals surface area contributed by atoms with Gasteiger partial charge in [-0.05, 0) is 29.5 Å². The highest BCUT2D eigenvalue weighted by Gasteiger charge is 2.15. The molecule has 1 aromatic heterocycles. The number of carbonyl (C=O) groups is 2. The van der Waals surface area contributed by atoms with Crippen LogP contribution in [0.5, 0.6) is 0 Å². The average Bonchev–Trinajstić information content (AvgIpc) is 2.96. The molecule has 0 fully saturated rings. The predicted octanol–water partition coefficient (Wildman–Crippen LogP) is 4.41. The summed E-state index contributed by atoms with van der Waals surface area (Å²) in [6, 6.07) is 6.98. The summed E-state index contributed by atoms with van der Waals surface area (Å²) in [5.41, 5.74) is 1.27. The van der Waals surface area contributed by atoms with E-state index in [1.807, 2.05) is 6.07 Å². The lowest BCUT2D eigenvalue weighted by molar-refractivity contribution is -0.116. The average molecular weight is 358 g/mol. The van der Waals surface area contributed by atoms with Gasteiger partial charge in [0.1, 0.15) is 4.88 Å². The molecule has 0 aliphatic rings. The van der Waals surface area contributed by atoms with Crippen molar-refractivity contribution < 1.29 is 14.3 Å². The van der Waals surface area contributed by atoms with Crippen molar-refractivity contribution in [3.63, 3.8) is 0 Å². The Hall–Kier alpha value is -1.56. The van der Waals surface area contributed by atoms with Crippen LogP contribution in [0.2, 0.25) is 10.0 Å². The van der Waals surface area contributed by atoms with Gasteiger partial charge < -0.3 is 10.1 Å². The van der Waals surface area contributed by atoms with E-state index >= 15 is 0 Å². The van der Waals surface area contributed by atoms with Gasteiger partial charge in [0.05, 0.1) is 22.8 Å². The van der Waals surface area contributed by atoms with Gasteiger partial charge in [0, 0.05) is 6.42 Å². The smallest absolute Gasteiger partial charge is 0.350 e. The third-order valence-electron chi connectivity index (χ3n) is 2.96. The molecule has 22 heavy (non-hydrogen) atoms. The Morgan fingerprint density at radius 3 is 2.77 bits per heavy atom. The molecule has 4 nitrogen and oxygen atoms in total. The van der Waals surface area contributed by atoms with E-state index < -0.39 is 5.97 Å². The van der Waals surface area contributed by atoms with Crippen molar-refractivity contribution >= 4 is 52.1 Å². The second-order valence-corrected chi connectivity index (χ2v) is 6.12. The summed E-state index contributed by atoms with van der Waals surface area (Å²) in [6.07, 6.45) is 0.694. The molecule has 1 aromatic carbocycles. The van der Waals surface area contributed by atoms with Crippen LogP contribution in [0, 0.1) is 0 Å². The normalized spacial score (nSPS) is 10.3. The predicted molar refractivity (Wildman–Crippen MR) is 89.1 cm³/mol. The van der Waals surface area contributed by atoms with Crippen molar-refractivity contribution in [3.05, 3.63) is 50.1 Å². The number of rotatable bonds is 5. The fourth-order valence-electron chi connectivity index (χ4n) is 1.86. The first-order valence-electron chi connectivity index (χ1n) is 6.41. The number of benzene rings is 1. The third-order valence-corrected chi connectivity index (χ3v) is 4.72. The van der Waals surface area contributed by atoms with Crippen molar-refractivity contribution in [3.8, 4) is 0 Å². The van der Waals surface area contributed by atoms with Gasteiger partial charge in [-0.15, -0.1) is 11.3 Å². The number of carbonyl (C=O) groups excluding carboxylic acids is 2. The number of aryl methyl sites for hydroxylation is 1. The minimum absolute atomic E-state index is 0.209. The fourth-order valence-corrected chi connectivity index (χ4v) is 3.04. The van der Waals surface area contributed by atoms with Crippen LogP contribution in [-0.4, -0.2) is 19.0 Å². The molecule has 0 radical (unpaired) electrons. The second-order valence-electron chi connectivity index (χ2n) is 4.42. The van der Waals surface area contributed by atoms with Gasteiger partial charge in [0.25, 0.3) is 0 Å². The summed E-state index contributed by atoms with van der Waals surface area (Å²) in [5, 5.41) is 5.35. The highest BCUT2D eigenvalue weighted by molar-refractivity contribution is 7.12. The van der Waals surface area contributed by atoms with Gasteiger partial charge in [0.15, 0.2) is 0 Å². The van der Waals surface area contributed by atoms with Crippen LogP contribution in [0.3, 0.4) is 0 Å². The molecule has 0 spiro atoms. The maximum absolute atomic E-state index is 12.0. The SMILES string of the molecule is COC(=O)c1sccc1NC(=O)CCc1cccc(Cl)c1Cl. The van der Waals surface area contributed by atoms with E-state index in [4.69, 9.17) is 23.2 Å². The molecule has 0 atom stereocenters. The monoisotopic (exact) mass is 357 g/mol. The maximum Gasteiger partial charge on any atom is 0.350 e. The molecule has 0 aliphatic heterocycles. The van der Waals surface area contributed by atoms with E-state index in [9.17, 15) is 9.59 Å². The Bertz CT molecular complexity index is 700. The van der Waals surface area contributed by atoms with E-state index in [-0.39, 0.29) is 12.3 Å². The minimum atomic E-state index is -0.469. The van der Waals surface area contributed by atoms with Crippen LogP contribution in [-0.2, 0) is 16.0 Å². The number of amides is 1. The Balaban J connectivity index is 1.98. The third kappa shape index (κ3) is 4.00. The molecule has 0 saturated heterocycles. The van der Waals surface area contributed by atoms with Crippen molar-refractivity contribution in [1.82, 2.24) is 0 Å². The van der Waals surface area contributed by atoms with E-state index in [0.717, 1.165) is 5.56 Å².